The van der Waals surface area contributed by atoms with Crippen LogP contribution in [0, 0.1) is 0 Å². The third-order valence-electron chi connectivity index (χ3n) is 1.95. The summed E-state index contributed by atoms with van der Waals surface area (Å²) in [5, 5.41) is 18.3. The number of nitrogens with zero attached hydrogens (tertiary/aromatic N) is 1. The van der Waals surface area contributed by atoms with Crippen LogP contribution in [0.4, 0.5) is 0 Å². The summed E-state index contributed by atoms with van der Waals surface area (Å²) in [6.45, 7) is 4.08. The van der Waals surface area contributed by atoms with Crippen LogP contribution in [0.1, 0.15) is 39.5 Å². The summed E-state index contributed by atoms with van der Waals surface area (Å²) in [5.41, 5.74) is -0.608. The number of rotatable bonds is 5. The maximum atomic E-state index is 9.66. The van der Waals surface area contributed by atoms with Gasteiger partial charge in [0, 0.05) is 6.61 Å². The molecule has 0 saturated heterocycles. The lowest BCUT2D eigenvalue weighted by atomic mass is 9.92. The van der Waals surface area contributed by atoms with Crippen LogP contribution in [0.2, 0.25) is 0 Å². The summed E-state index contributed by atoms with van der Waals surface area (Å²) in [7, 11) is 6.00. The highest BCUT2D eigenvalue weighted by atomic mass is 16.3. The summed E-state index contributed by atoms with van der Waals surface area (Å²) in [6, 6.07) is 0. The van der Waals surface area contributed by atoms with Crippen molar-refractivity contribution in [1.29, 1.82) is 0 Å². The summed E-state index contributed by atoms with van der Waals surface area (Å²) in [5.74, 6) is 0. The van der Waals surface area contributed by atoms with Crippen molar-refractivity contribution in [3.63, 3.8) is 0 Å². The third kappa shape index (κ3) is 11.9. The second-order valence-electron chi connectivity index (χ2n) is 4.14. The van der Waals surface area contributed by atoms with Crippen molar-refractivity contribution in [2.75, 3.05) is 27.7 Å². The van der Waals surface area contributed by atoms with Crippen molar-refractivity contribution < 1.29 is 10.2 Å². The van der Waals surface area contributed by atoms with Gasteiger partial charge < -0.3 is 15.1 Å². The lowest BCUT2D eigenvalue weighted by Crippen LogP contribution is -2.28. The maximum Gasteiger partial charge on any atom is 0.0666 e. The van der Waals surface area contributed by atoms with Gasteiger partial charge in [-0.05, 0) is 40.4 Å². The Hall–Kier alpha value is -0.120. The minimum absolute atomic E-state index is 0.0876. The highest BCUT2D eigenvalue weighted by Crippen LogP contribution is 2.20. The first-order valence-corrected chi connectivity index (χ1v) is 5.36. The average Bonchev–Trinajstić information content (AvgIpc) is 2.04. The SMILES string of the molecule is CCCC(O)(CC)CCO.CN(C)C. The zero-order valence-corrected chi connectivity index (χ0v) is 10.4. The van der Waals surface area contributed by atoms with Crippen LogP contribution in [-0.4, -0.2) is 48.5 Å². The molecule has 1 atom stereocenters. The van der Waals surface area contributed by atoms with Crippen molar-refractivity contribution in [2.24, 2.45) is 0 Å². The highest BCUT2D eigenvalue weighted by Gasteiger charge is 2.21. The molecule has 3 heteroatoms. The predicted molar refractivity (Wildman–Crippen MR) is 61.5 cm³/mol. The first-order chi connectivity index (χ1) is 6.41. The van der Waals surface area contributed by atoms with Crippen LogP contribution in [-0.2, 0) is 0 Å². The molecular weight excluding hydrogens is 178 g/mol. The quantitative estimate of drug-likeness (QED) is 0.714. The van der Waals surface area contributed by atoms with Gasteiger partial charge in [-0.2, -0.15) is 0 Å². The first-order valence-electron chi connectivity index (χ1n) is 5.36. The molecule has 0 aromatic carbocycles. The Morgan fingerprint density at radius 1 is 1.07 bits per heavy atom. The second kappa shape index (κ2) is 9.44. The summed E-state index contributed by atoms with van der Waals surface area (Å²) < 4.78 is 0. The molecule has 0 amide bonds. The van der Waals surface area contributed by atoms with Crippen LogP contribution >= 0.6 is 0 Å². The van der Waals surface area contributed by atoms with Crippen LogP contribution in [0.3, 0.4) is 0 Å². The Labute approximate surface area is 88.7 Å². The second-order valence-corrected chi connectivity index (χ2v) is 4.14. The van der Waals surface area contributed by atoms with Gasteiger partial charge in [-0.15, -0.1) is 0 Å². The van der Waals surface area contributed by atoms with E-state index in [1.165, 1.54) is 0 Å². The molecule has 14 heavy (non-hydrogen) atoms. The molecule has 0 aliphatic rings. The molecule has 0 aliphatic heterocycles. The van der Waals surface area contributed by atoms with E-state index in [1.54, 1.807) is 0 Å². The monoisotopic (exact) mass is 205 g/mol. The third-order valence-corrected chi connectivity index (χ3v) is 1.95. The number of aliphatic hydroxyl groups excluding tert-OH is 1. The molecule has 0 radical (unpaired) electrons. The Balaban J connectivity index is 0. The molecule has 0 aliphatic carbocycles. The fourth-order valence-corrected chi connectivity index (χ4v) is 1.15. The van der Waals surface area contributed by atoms with Crippen molar-refractivity contribution in [1.82, 2.24) is 4.90 Å². The van der Waals surface area contributed by atoms with E-state index in [-0.39, 0.29) is 6.61 Å². The molecule has 0 bridgehead atoms. The lowest BCUT2D eigenvalue weighted by molar-refractivity contribution is 0.00385. The molecule has 0 aromatic rings. The van der Waals surface area contributed by atoms with Crippen LogP contribution < -0.4 is 0 Å². The van der Waals surface area contributed by atoms with E-state index < -0.39 is 5.60 Å². The zero-order valence-electron chi connectivity index (χ0n) is 10.4. The van der Waals surface area contributed by atoms with Gasteiger partial charge in [0.05, 0.1) is 5.60 Å². The molecule has 3 nitrogen and oxygen atoms in total. The van der Waals surface area contributed by atoms with Crippen LogP contribution in [0.25, 0.3) is 0 Å². The zero-order chi connectivity index (χ0) is 11.6. The van der Waals surface area contributed by atoms with E-state index in [0.29, 0.717) is 6.42 Å². The normalized spacial score (nSPS) is 14.6. The standard InChI is InChI=1S/C8H18O2.C3H9N/c1-3-5-8(10,4-2)6-7-9;1-4(2)3/h9-10H,3-7H2,1-2H3;1-3H3. The van der Waals surface area contributed by atoms with Gasteiger partial charge in [0.15, 0.2) is 0 Å². The summed E-state index contributed by atoms with van der Waals surface area (Å²) >= 11 is 0. The van der Waals surface area contributed by atoms with Gasteiger partial charge >= 0.3 is 0 Å². The van der Waals surface area contributed by atoms with E-state index in [9.17, 15) is 5.11 Å². The Morgan fingerprint density at radius 2 is 1.50 bits per heavy atom. The minimum atomic E-state index is -0.608. The molecular formula is C11H27NO2. The molecule has 0 fully saturated rings. The number of hydrogen-bond acceptors (Lipinski definition) is 3. The van der Waals surface area contributed by atoms with Gasteiger partial charge in [-0.1, -0.05) is 20.3 Å². The first kappa shape index (κ1) is 16.3. The topological polar surface area (TPSA) is 43.7 Å². The molecule has 0 aromatic heterocycles. The fourth-order valence-electron chi connectivity index (χ4n) is 1.15. The van der Waals surface area contributed by atoms with Crippen molar-refractivity contribution >= 4 is 0 Å². The van der Waals surface area contributed by atoms with Gasteiger partial charge in [-0.25, -0.2) is 0 Å². The molecule has 0 heterocycles. The van der Waals surface area contributed by atoms with E-state index >= 15 is 0 Å². The minimum Gasteiger partial charge on any atom is -0.396 e. The predicted octanol–water partition coefficient (Wildman–Crippen LogP) is 1.49. The lowest BCUT2D eigenvalue weighted by Gasteiger charge is -2.24. The highest BCUT2D eigenvalue weighted by molar-refractivity contribution is 4.75. The smallest absolute Gasteiger partial charge is 0.0666 e. The van der Waals surface area contributed by atoms with E-state index in [4.69, 9.17) is 5.11 Å². The average molecular weight is 205 g/mol. The fraction of sp³-hybridized carbons (Fsp3) is 1.00. The maximum absolute atomic E-state index is 9.66. The van der Waals surface area contributed by atoms with Crippen LogP contribution in [0.5, 0.6) is 0 Å². The van der Waals surface area contributed by atoms with E-state index in [1.807, 2.05) is 39.9 Å². The van der Waals surface area contributed by atoms with E-state index in [0.717, 1.165) is 19.3 Å². The van der Waals surface area contributed by atoms with Gasteiger partial charge in [0.2, 0.25) is 0 Å². The summed E-state index contributed by atoms with van der Waals surface area (Å²) in [6.07, 6.45) is 3.02. The molecule has 1 unspecified atom stereocenters. The molecule has 0 rings (SSSR count). The van der Waals surface area contributed by atoms with Crippen molar-refractivity contribution in [2.45, 2.75) is 45.1 Å². The number of hydrogen-bond donors (Lipinski definition) is 2. The van der Waals surface area contributed by atoms with Crippen molar-refractivity contribution in [3.8, 4) is 0 Å². The molecule has 2 N–H and O–H groups in total. The largest absolute Gasteiger partial charge is 0.396 e. The Bertz CT molecular complexity index is 107. The van der Waals surface area contributed by atoms with Gasteiger partial charge in [-0.3, -0.25) is 0 Å². The Kier molecular flexibility index (Phi) is 11.0. The molecule has 0 spiro atoms. The Morgan fingerprint density at radius 3 is 1.71 bits per heavy atom. The van der Waals surface area contributed by atoms with Crippen molar-refractivity contribution in [3.05, 3.63) is 0 Å². The molecule has 0 saturated carbocycles. The summed E-state index contributed by atoms with van der Waals surface area (Å²) in [4.78, 5) is 2.00. The number of aliphatic hydroxyl groups is 2. The van der Waals surface area contributed by atoms with E-state index in [2.05, 4.69) is 0 Å². The van der Waals surface area contributed by atoms with Gasteiger partial charge in [0.1, 0.15) is 0 Å². The van der Waals surface area contributed by atoms with Crippen LogP contribution in [0.15, 0.2) is 0 Å². The molecule has 88 valence electrons. The van der Waals surface area contributed by atoms with Gasteiger partial charge in [0.25, 0.3) is 0 Å².